The first-order valence-electron chi connectivity index (χ1n) is 9.30. The van der Waals surface area contributed by atoms with E-state index in [1.165, 1.54) is 5.56 Å². The lowest BCUT2D eigenvalue weighted by Gasteiger charge is -2.12. The summed E-state index contributed by atoms with van der Waals surface area (Å²) in [6.45, 7) is 3.27. The van der Waals surface area contributed by atoms with E-state index < -0.39 is 0 Å². The molecule has 0 aliphatic carbocycles. The summed E-state index contributed by atoms with van der Waals surface area (Å²) in [5.41, 5.74) is 2.33. The van der Waals surface area contributed by atoms with E-state index in [2.05, 4.69) is 27.8 Å². The number of nitrogens with zero attached hydrogens (tertiary/aromatic N) is 1. The van der Waals surface area contributed by atoms with Gasteiger partial charge >= 0.3 is 0 Å². The third-order valence-electron chi connectivity index (χ3n) is 4.24. The molecule has 0 fully saturated rings. The molecular weight excluding hydrogens is 342 g/mol. The Morgan fingerprint density at radius 1 is 1.00 bits per heavy atom. The molecule has 1 aliphatic heterocycles. The number of nitrogens with one attached hydrogen (secondary N) is 2. The molecule has 0 bridgehead atoms. The lowest BCUT2D eigenvalue weighted by molar-refractivity contribution is 0.117. The summed E-state index contributed by atoms with van der Waals surface area (Å²) in [6.07, 6.45) is 2.04. The molecular formula is C21H27N3O3. The fourth-order valence-corrected chi connectivity index (χ4v) is 2.76. The van der Waals surface area contributed by atoms with Crippen LogP contribution in [0.4, 0.5) is 0 Å². The lowest BCUT2D eigenvalue weighted by Crippen LogP contribution is -2.37. The number of benzene rings is 2. The van der Waals surface area contributed by atoms with Crippen LogP contribution in [-0.2, 0) is 17.9 Å². The molecule has 0 saturated heterocycles. The van der Waals surface area contributed by atoms with E-state index in [-0.39, 0.29) is 0 Å². The van der Waals surface area contributed by atoms with Crippen LogP contribution in [0, 0.1) is 0 Å². The van der Waals surface area contributed by atoms with Crippen LogP contribution in [0.3, 0.4) is 0 Å². The Labute approximate surface area is 160 Å². The number of guanidine groups is 1. The van der Waals surface area contributed by atoms with Gasteiger partial charge in [-0.15, -0.1) is 0 Å². The predicted molar refractivity (Wildman–Crippen MR) is 106 cm³/mol. The summed E-state index contributed by atoms with van der Waals surface area (Å²) in [4.78, 5) is 4.26. The third kappa shape index (κ3) is 6.18. The highest BCUT2D eigenvalue weighted by Crippen LogP contribution is 2.32. The highest BCUT2D eigenvalue weighted by atomic mass is 16.7. The predicted octanol–water partition coefficient (Wildman–Crippen LogP) is 3.08. The van der Waals surface area contributed by atoms with Crippen molar-refractivity contribution in [1.82, 2.24) is 10.6 Å². The molecule has 144 valence electrons. The fraction of sp³-hybridized carbons (Fsp3) is 0.381. The summed E-state index contributed by atoms with van der Waals surface area (Å²) in [5, 5.41) is 6.64. The second-order valence-electron chi connectivity index (χ2n) is 6.29. The Kier molecular flexibility index (Phi) is 7.35. The molecule has 2 aromatic rings. The monoisotopic (exact) mass is 369 g/mol. The molecule has 6 nitrogen and oxygen atoms in total. The van der Waals surface area contributed by atoms with Gasteiger partial charge in [-0.3, -0.25) is 4.99 Å². The van der Waals surface area contributed by atoms with Crippen molar-refractivity contribution < 1.29 is 14.2 Å². The van der Waals surface area contributed by atoms with Gasteiger partial charge in [-0.1, -0.05) is 36.4 Å². The van der Waals surface area contributed by atoms with Crippen LogP contribution in [-0.4, -0.2) is 33.0 Å². The molecule has 0 spiro atoms. The van der Waals surface area contributed by atoms with Gasteiger partial charge in [-0.05, 0) is 36.1 Å². The first-order valence-corrected chi connectivity index (χ1v) is 9.30. The molecule has 3 rings (SSSR count). The number of fused-ring (bicyclic) bond motifs is 1. The van der Waals surface area contributed by atoms with Gasteiger partial charge in [-0.25, -0.2) is 0 Å². The highest BCUT2D eigenvalue weighted by molar-refractivity contribution is 5.79. The van der Waals surface area contributed by atoms with E-state index in [9.17, 15) is 0 Å². The van der Waals surface area contributed by atoms with Crippen molar-refractivity contribution in [2.24, 2.45) is 4.99 Å². The SMILES string of the molecule is CN=C(NCCCCOCc1ccccc1)NCc1ccc2c(c1)OCO2. The number of hydrogen-bond donors (Lipinski definition) is 2. The minimum Gasteiger partial charge on any atom is -0.454 e. The van der Waals surface area contributed by atoms with Crippen molar-refractivity contribution in [2.45, 2.75) is 26.0 Å². The van der Waals surface area contributed by atoms with E-state index >= 15 is 0 Å². The van der Waals surface area contributed by atoms with Crippen LogP contribution in [0.5, 0.6) is 11.5 Å². The molecule has 2 N–H and O–H groups in total. The zero-order valence-corrected chi connectivity index (χ0v) is 15.7. The summed E-state index contributed by atoms with van der Waals surface area (Å²) in [7, 11) is 1.78. The van der Waals surface area contributed by atoms with Crippen LogP contribution in [0.15, 0.2) is 53.5 Å². The Balaban J connectivity index is 1.27. The summed E-state index contributed by atoms with van der Waals surface area (Å²) < 4.78 is 16.4. The lowest BCUT2D eigenvalue weighted by atomic mass is 10.2. The van der Waals surface area contributed by atoms with E-state index in [4.69, 9.17) is 14.2 Å². The number of ether oxygens (including phenoxy) is 3. The maximum absolute atomic E-state index is 5.70. The topological polar surface area (TPSA) is 64.1 Å². The fourth-order valence-electron chi connectivity index (χ4n) is 2.76. The average molecular weight is 369 g/mol. The Morgan fingerprint density at radius 2 is 1.85 bits per heavy atom. The van der Waals surface area contributed by atoms with Crippen molar-refractivity contribution >= 4 is 5.96 Å². The summed E-state index contributed by atoms with van der Waals surface area (Å²) in [5.74, 6) is 2.39. The first-order chi connectivity index (χ1) is 13.3. The minimum atomic E-state index is 0.296. The molecule has 27 heavy (non-hydrogen) atoms. The van der Waals surface area contributed by atoms with E-state index in [0.717, 1.165) is 49.0 Å². The third-order valence-corrected chi connectivity index (χ3v) is 4.24. The van der Waals surface area contributed by atoms with Gasteiger partial charge < -0.3 is 24.8 Å². The van der Waals surface area contributed by atoms with Crippen LogP contribution in [0.25, 0.3) is 0 Å². The molecule has 0 amide bonds. The van der Waals surface area contributed by atoms with Gasteiger partial charge in [0, 0.05) is 26.7 Å². The van der Waals surface area contributed by atoms with Crippen LogP contribution in [0.2, 0.25) is 0 Å². The van der Waals surface area contributed by atoms with Crippen LogP contribution < -0.4 is 20.1 Å². The van der Waals surface area contributed by atoms with E-state index in [0.29, 0.717) is 19.9 Å². The number of unbranched alkanes of at least 4 members (excludes halogenated alkanes) is 1. The van der Waals surface area contributed by atoms with Crippen LogP contribution >= 0.6 is 0 Å². The molecule has 2 aromatic carbocycles. The van der Waals surface area contributed by atoms with Gasteiger partial charge in [0.25, 0.3) is 0 Å². The second-order valence-corrected chi connectivity index (χ2v) is 6.29. The maximum Gasteiger partial charge on any atom is 0.231 e. The molecule has 6 heteroatoms. The molecule has 1 aliphatic rings. The van der Waals surface area contributed by atoms with Crippen molar-refractivity contribution in [3.05, 3.63) is 59.7 Å². The standard InChI is InChI=1S/C21H27N3O3/c1-22-21(24-14-18-9-10-19-20(13-18)27-16-26-19)23-11-5-6-12-25-15-17-7-3-2-4-8-17/h2-4,7-10,13H,5-6,11-12,14-16H2,1H3,(H2,22,23,24). The average Bonchev–Trinajstić information content (AvgIpc) is 3.18. The molecule has 1 heterocycles. The van der Waals surface area contributed by atoms with Crippen LogP contribution in [0.1, 0.15) is 24.0 Å². The number of aliphatic imine (C=N–C) groups is 1. The number of hydrogen-bond acceptors (Lipinski definition) is 4. The van der Waals surface area contributed by atoms with Gasteiger partial charge in [0.2, 0.25) is 6.79 Å². The summed E-state index contributed by atoms with van der Waals surface area (Å²) in [6, 6.07) is 16.2. The minimum absolute atomic E-state index is 0.296. The Morgan fingerprint density at radius 3 is 2.70 bits per heavy atom. The largest absolute Gasteiger partial charge is 0.454 e. The normalized spacial score (nSPS) is 12.9. The van der Waals surface area contributed by atoms with Crippen molar-refractivity contribution in [2.75, 3.05) is 27.0 Å². The molecule has 0 radical (unpaired) electrons. The molecule has 0 atom stereocenters. The van der Waals surface area contributed by atoms with Gasteiger partial charge in [0.15, 0.2) is 17.5 Å². The van der Waals surface area contributed by atoms with E-state index in [1.807, 2.05) is 36.4 Å². The van der Waals surface area contributed by atoms with Crippen molar-refractivity contribution in [1.29, 1.82) is 0 Å². The van der Waals surface area contributed by atoms with Crippen molar-refractivity contribution in [3.63, 3.8) is 0 Å². The molecule has 0 unspecified atom stereocenters. The molecule has 0 saturated carbocycles. The zero-order valence-electron chi connectivity index (χ0n) is 15.7. The number of rotatable bonds is 9. The Hall–Kier alpha value is -2.73. The van der Waals surface area contributed by atoms with E-state index in [1.54, 1.807) is 7.05 Å². The summed E-state index contributed by atoms with van der Waals surface area (Å²) >= 11 is 0. The highest BCUT2D eigenvalue weighted by Gasteiger charge is 2.13. The quantitative estimate of drug-likeness (QED) is 0.404. The smallest absolute Gasteiger partial charge is 0.231 e. The van der Waals surface area contributed by atoms with Gasteiger partial charge in [0.1, 0.15) is 0 Å². The Bertz CT molecular complexity index is 735. The zero-order chi connectivity index (χ0) is 18.7. The van der Waals surface area contributed by atoms with Gasteiger partial charge in [-0.2, -0.15) is 0 Å². The second kappa shape index (κ2) is 10.4. The first kappa shape index (κ1) is 19.0. The van der Waals surface area contributed by atoms with Gasteiger partial charge in [0.05, 0.1) is 6.61 Å². The molecule has 0 aromatic heterocycles. The van der Waals surface area contributed by atoms with Crippen molar-refractivity contribution in [3.8, 4) is 11.5 Å². The maximum atomic E-state index is 5.70.